The van der Waals surface area contributed by atoms with Gasteiger partial charge in [0.25, 0.3) is 5.91 Å². The first kappa shape index (κ1) is 14.8. The molecule has 0 heterocycles. The SMILES string of the molecule is COCCCNC(=O)[C@H](C)Oc1ccccc1Cl. The summed E-state index contributed by atoms with van der Waals surface area (Å²) in [6.45, 7) is 2.89. The van der Waals surface area contributed by atoms with Crippen molar-refractivity contribution in [3.63, 3.8) is 0 Å². The van der Waals surface area contributed by atoms with Crippen molar-refractivity contribution < 1.29 is 14.3 Å². The molecule has 0 saturated carbocycles. The largest absolute Gasteiger partial charge is 0.479 e. The van der Waals surface area contributed by atoms with E-state index in [1.807, 2.05) is 12.1 Å². The van der Waals surface area contributed by atoms with Gasteiger partial charge in [-0.05, 0) is 25.5 Å². The topological polar surface area (TPSA) is 47.6 Å². The van der Waals surface area contributed by atoms with Gasteiger partial charge in [-0.15, -0.1) is 0 Å². The number of hydrogen-bond acceptors (Lipinski definition) is 3. The second-order valence-electron chi connectivity index (χ2n) is 3.83. The maximum atomic E-state index is 11.7. The van der Waals surface area contributed by atoms with Crippen LogP contribution in [0.1, 0.15) is 13.3 Å². The van der Waals surface area contributed by atoms with Gasteiger partial charge in [-0.2, -0.15) is 0 Å². The van der Waals surface area contributed by atoms with Crippen LogP contribution in [-0.2, 0) is 9.53 Å². The Morgan fingerprint density at radius 3 is 2.83 bits per heavy atom. The van der Waals surface area contributed by atoms with E-state index in [2.05, 4.69) is 5.32 Å². The minimum atomic E-state index is -0.576. The molecule has 0 aliphatic rings. The van der Waals surface area contributed by atoms with Gasteiger partial charge in [-0.1, -0.05) is 23.7 Å². The summed E-state index contributed by atoms with van der Waals surface area (Å²) in [4.78, 5) is 11.7. The smallest absolute Gasteiger partial charge is 0.260 e. The summed E-state index contributed by atoms with van der Waals surface area (Å²) < 4.78 is 10.4. The molecule has 0 aliphatic carbocycles. The third-order valence-corrected chi connectivity index (χ3v) is 2.65. The number of para-hydroxylation sites is 1. The third-order valence-electron chi connectivity index (χ3n) is 2.33. The fraction of sp³-hybridized carbons (Fsp3) is 0.462. The van der Waals surface area contributed by atoms with Crippen molar-refractivity contribution in [2.75, 3.05) is 20.3 Å². The van der Waals surface area contributed by atoms with Crippen molar-refractivity contribution in [2.24, 2.45) is 0 Å². The van der Waals surface area contributed by atoms with Crippen LogP contribution in [0.2, 0.25) is 5.02 Å². The molecule has 1 aromatic rings. The number of methoxy groups -OCH3 is 1. The monoisotopic (exact) mass is 271 g/mol. The number of carbonyl (C=O) groups excluding carboxylic acids is 1. The number of benzene rings is 1. The van der Waals surface area contributed by atoms with E-state index in [1.54, 1.807) is 26.2 Å². The van der Waals surface area contributed by atoms with E-state index >= 15 is 0 Å². The molecule has 0 bridgehead atoms. The molecule has 1 atom stereocenters. The zero-order valence-corrected chi connectivity index (χ0v) is 11.4. The molecule has 0 spiro atoms. The van der Waals surface area contributed by atoms with E-state index in [9.17, 15) is 4.79 Å². The standard InChI is InChI=1S/C13H18ClNO3/c1-10(13(16)15-8-5-9-17-2)18-12-7-4-3-6-11(12)14/h3-4,6-7,10H,5,8-9H2,1-2H3,(H,15,16)/t10-/m0/s1. The summed E-state index contributed by atoms with van der Waals surface area (Å²) in [6, 6.07) is 7.08. The molecule has 1 amide bonds. The Bertz CT molecular complexity index is 384. The minimum absolute atomic E-state index is 0.161. The Morgan fingerprint density at radius 1 is 1.44 bits per heavy atom. The highest BCUT2D eigenvalue weighted by atomic mass is 35.5. The second kappa shape index (κ2) is 7.95. The first-order valence-corrected chi connectivity index (χ1v) is 6.20. The summed E-state index contributed by atoms with van der Waals surface area (Å²) in [5.41, 5.74) is 0. The molecule has 0 unspecified atom stereocenters. The van der Waals surface area contributed by atoms with Crippen LogP contribution in [0.3, 0.4) is 0 Å². The quantitative estimate of drug-likeness (QED) is 0.774. The number of hydrogen-bond donors (Lipinski definition) is 1. The molecule has 100 valence electrons. The molecule has 4 nitrogen and oxygen atoms in total. The molecular formula is C13H18ClNO3. The van der Waals surface area contributed by atoms with Gasteiger partial charge < -0.3 is 14.8 Å². The van der Waals surface area contributed by atoms with Gasteiger partial charge in [-0.25, -0.2) is 0 Å². The van der Waals surface area contributed by atoms with Crippen molar-refractivity contribution in [1.82, 2.24) is 5.32 Å². The van der Waals surface area contributed by atoms with Crippen LogP contribution >= 0.6 is 11.6 Å². The van der Waals surface area contributed by atoms with Gasteiger partial charge in [0.1, 0.15) is 5.75 Å². The second-order valence-corrected chi connectivity index (χ2v) is 4.24. The molecule has 0 aromatic heterocycles. The summed E-state index contributed by atoms with van der Waals surface area (Å²) in [7, 11) is 1.63. The highest BCUT2D eigenvalue weighted by Crippen LogP contribution is 2.24. The van der Waals surface area contributed by atoms with E-state index in [1.165, 1.54) is 0 Å². The van der Waals surface area contributed by atoms with Gasteiger partial charge in [-0.3, -0.25) is 4.79 Å². The van der Waals surface area contributed by atoms with Crippen LogP contribution in [0.15, 0.2) is 24.3 Å². The Labute approximate surface area is 112 Å². The third kappa shape index (κ3) is 4.94. The highest BCUT2D eigenvalue weighted by molar-refractivity contribution is 6.32. The Kier molecular flexibility index (Phi) is 6.54. The number of carbonyl (C=O) groups is 1. The zero-order valence-electron chi connectivity index (χ0n) is 10.6. The molecular weight excluding hydrogens is 254 g/mol. The Balaban J connectivity index is 2.38. The van der Waals surface area contributed by atoms with E-state index in [4.69, 9.17) is 21.1 Å². The predicted octanol–water partition coefficient (Wildman–Crippen LogP) is 2.26. The minimum Gasteiger partial charge on any atom is -0.479 e. The maximum Gasteiger partial charge on any atom is 0.260 e. The molecule has 0 saturated heterocycles. The average molecular weight is 272 g/mol. The number of nitrogens with one attached hydrogen (secondary N) is 1. The zero-order chi connectivity index (χ0) is 13.4. The van der Waals surface area contributed by atoms with E-state index in [0.29, 0.717) is 23.9 Å². The summed E-state index contributed by atoms with van der Waals surface area (Å²) >= 11 is 5.95. The predicted molar refractivity (Wildman–Crippen MR) is 71.0 cm³/mol. The molecule has 5 heteroatoms. The van der Waals surface area contributed by atoms with Crippen LogP contribution < -0.4 is 10.1 Å². The van der Waals surface area contributed by atoms with Crippen LogP contribution in [0.25, 0.3) is 0 Å². The van der Waals surface area contributed by atoms with Gasteiger partial charge in [0.15, 0.2) is 6.10 Å². The lowest BCUT2D eigenvalue weighted by molar-refractivity contribution is -0.127. The fourth-order valence-corrected chi connectivity index (χ4v) is 1.54. The van der Waals surface area contributed by atoms with E-state index < -0.39 is 6.10 Å². The van der Waals surface area contributed by atoms with Crippen molar-refractivity contribution >= 4 is 17.5 Å². The molecule has 1 N–H and O–H groups in total. The number of ether oxygens (including phenoxy) is 2. The first-order chi connectivity index (χ1) is 8.65. The van der Waals surface area contributed by atoms with Gasteiger partial charge in [0.2, 0.25) is 0 Å². The number of amides is 1. The van der Waals surface area contributed by atoms with Crippen molar-refractivity contribution in [3.8, 4) is 5.75 Å². The van der Waals surface area contributed by atoms with Crippen LogP contribution in [-0.4, -0.2) is 32.3 Å². The van der Waals surface area contributed by atoms with Crippen molar-refractivity contribution in [2.45, 2.75) is 19.4 Å². The normalized spacial score (nSPS) is 11.9. The van der Waals surface area contributed by atoms with E-state index in [-0.39, 0.29) is 5.91 Å². The van der Waals surface area contributed by atoms with Crippen LogP contribution in [0, 0.1) is 0 Å². The van der Waals surface area contributed by atoms with Gasteiger partial charge in [0.05, 0.1) is 5.02 Å². The van der Waals surface area contributed by atoms with Crippen LogP contribution in [0.4, 0.5) is 0 Å². The molecule has 0 radical (unpaired) electrons. The lowest BCUT2D eigenvalue weighted by Crippen LogP contribution is -2.37. The first-order valence-electron chi connectivity index (χ1n) is 5.83. The lowest BCUT2D eigenvalue weighted by atomic mass is 10.3. The molecule has 0 fully saturated rings. The van der Waals surface area contributed by atoms with Gasteiger partial charge >= 0.3 is 0 Å². The molecule has 1 aromatic carbocycles. The number of halogens is 1. The number of rotatable bonds is 7. The average Bonchev–Trinajstić information content (AvgIpc) is 2.37. The van der Waals surface area contributed by atoms with Crippen molar-refractivity contribution in [1.29, 1.82) is 0 Å². The Hall–Kier alpha value is -1.26. The summed E-state index contributed by atoms with van der Waals surface area (Å²) in [5, 5.41) is 3.27. The van der Waals surface area contributed by atoms with E-state index in [0.717, 1.165) is 6.42 Å². The maximum absolute atomic E-state index is 11.7. The highest BCUT2D eigenvalue weighted by Gasteiger charge is 2.14. The van der Waals surface area contributed by atoms with Crippen molar-refractivity contribution in [3.05, 3.63) is 29.3 Å². The Morgan fingerprint density at radius 2 is 2.17 bits per heavy atom. The summed E-state index contributed by atoms with van der Waals surface area (Å²) in [5.74, 6) is 0.352. The lowest BCUT2D eigenvalue weighted by Gasteiger charge is -2.15. The van der Waals surface area contributed by atoms with Crippen LogP contribution in [0.5, 0.6) is 5.75 Å². The van der Waals surface area contributed by atoms with Gasteiger partial charge in [0, 0.05) is 20.3 Å². The molecule has 1 rings (SSSR count). The summed E-state index contributed by atoms with van der Waals surface area (Å²) in [6.07, 6.45) is 0.202. The molecule has 0 aliphatic heterocycles. The fourth-order valence-electron chi connectivity index (χ4n) is 1.36. The molecule has 18 heavy (non-hydrogen) atoms.